The smallest absolute Gasteiger partial charge is 0.295 e. The van der Waals surface area contributed by atoms with Crippen LogP contribution in [0.25, 0.3) is 16.5 Å². The van der Waals surface area contributed by atoms with Gasteiger partial charge in [0.15, 0.2) is 0 Å². The summed E-state index contributed by atoms with van der Waals surface area (Å²) < 4.78 is 19.5. The van der Waals surface area contributed by atoms with Crippen LogP contribution in [0.1, 0.15) is 37.4 Å². The number of methoxy groups -OCH3 is 1. The molecule has 6 nitrogen and oxygen atoms in total. The summed E-state index contributed by atoms with van der Waals surface area (Å²) in [5, 5.41) is 13.1. The van der Waals surface area contributed by atoms with Crippen LogP contribution in [0.3, 0.4) is 0 Å². The second kappa shape index (κ2) is 10.9. The lowest BCUT2D eigenvalue weighted by atomic mass is 9.94. The number of hydrogen-bond acceptors (Lipinski definition) is 5. The van der Waals surface area contributed by atoms with Crippen molar-refractivity contribution >= 4 is 28.2 Å². The molecular formula is C29H31FN2O4. The Labute approximate surface area is 210 Å². The van der Waals surface area contributed by atoms with Gasteiger partial charge in [-0.25, -0.2) is 4.39 Å². The highest BCUT2D eigenvalue weighted by molar-refractivity contribution is 6.46. The maximum absolute atomic E-state index is 14.2. The number of halogens is 1. The van der Waals surface area contributed by atoms with E-state index in [2.05, 4.69) is 18.7 Å². The molecule has 1 unspecified atom stereocenters. The molecule has 1 aliphatic heterocycles. The third-order valence-corrected chi connectivity index (χ3v) is 6.79. The van der Waals surface area contributed by atoms with E-state index in [1.165, 1.54) is 17.0 Å². The number of aliphatic hydroxyl groups is 1. The molecule has 1 fully saturated rings. The molecule has 36 heavy (non-hydrogen) atoms. The highest BCUT2D eigenvalue weighted by Gasteiger charge is 2.45. The summed E-state index contributed by atoms with van der Waals surface area (Å²) in [6.45, 7) is 6.99. The number of aliphatic hydroxyl groups excluding tert-OH is 1. The van der Waals surface area contributed by atoms with Crippen LogP contribution in [-0.2, 0) is 9.59 Å². The molecule has 0 radical (unpaired) electrons. The largest absolute Gasteiger partial charge is 0.507 e. The fraction of sp³-hybridized carbons (Fsp3) is 0.310. The number of ether oxygens (including phenoxy) is 1. The first-order valence-electron chi connectivity index (χ1n) is 12.2. The van der Waals surface area contributed by atoms with Crippen LogP contribution in [0.2, 0.25) is 0 Å². The lowest BCUT2D eigenvalue weighted by Crippen LogP contribution is -2.33. The molecular weight excluding hydrogens is 459 g/mol. The van der Waals surface area contributed by atoms with E-state index in [0.29, 0.717) is 29.8 Å². The van der Waals surface area contributed by atoms with Crippen molar-refractivity contribution in [1.29, 1.82) is 0 Å². The molecule has 7 heteroatoms. The summed E-state index contributed by atoms with van der Waals surface area (Å²) in [5.74, 6) is -1.48. The molecule has 3 aromatic rings. The summed E-state index contributed by atoms with van der Waals surface area (Å²) >= 11 is 0. The lowest BCUT2D eigenvalue weighted by Gasteiger charge is -2.26. The van der Waals surface area contributed by atoms with Crippen molar-refractivity contribution in [2.75, 3.05) is 33.3 Å². The molecule has 1 amide bonds. The topological polar surface area (TPSA) is 70.1 Å². The number of carbonyl (C=O) groups is 2. The van der Waals surface area contributed by atoms with Gasteiger partial charge >= 0.3 is 0 Å². The van der Waals surface area contributed by atoms with Gasteiger partial charge in [-0.2, -0.15) is 0 Å². The van der Waals surface area contributed by atoms with Crippen LogP contribution in [0, 0.1) is 5.82 Å². The minimum Gasteiger partial charge on any atom is -0.507 e. The normalized spacial score (nSPS) is 17.4. The van der Waals surface area contributed by atoms with Crippen LogP contribution in [-0.4, -0.2) is 59.9 Å². The second-order valence-electron chi connectivity index (χ2n) is 8.86. The molecule has 0 spiro atoms. The van der Waals surface area contributed by atoms with E-state index >= 15 is 0 Å². The first-order chi connectivity index (χ1) is 17.4. The standard InChI is InChI=1S/C29H31FN2O4/c1-4-31(5-2)14-7-15-32-26(21-8-6-9-23(30)17-21)25(28(34)29(32)35)27(33)22-11-10-20-18-24(36-3)13-12-19(20)16-22/h6,8-13,16-18,26,33H,4-5,7,14-15H2,1-3H3/b27-25+. The number of hydrogen-bond donors (Lipinski definition) is 1. The number of nitrogens with zero attached hydrogens (tertiary/aromatic N) is 2. The minimum absolute atomic E-state index is 0.0266. The first kappa shape index (κ1) is 25.4. The zero-order chi connectivity index (χ0) is 25.8. The molecule has 0 aliphatic carbocycles. The van der Waals surface area contributed by atoms with Crippen LogP contribution < -0.4 is 4.74 Å². The van der Waals surface area contributed by atoms with Gasteiger partial charge in [-0.1, -0.05) is 44.2 Å². The molecule has 0 bridgehead atoms. The average molecular weight is 491 g/mol. The number of Topliss-reactive ketones (excluding diaryl/α,β-unsaturated/α-hetero) is 1. The van der Waals surface area contributed by atoms with Crippen molar-refractivity contribution in [2.45, 2.75) is 26.3 Å². The number of rotatable bonds is 9. The number of benzene rings is 3. The summed E-state index contributed by atoms with van der Waals surface area (Å²) in [4.78, 5) is 30.0. The highest BCUT2D eigenvalue weighted by Crippen LogP contribution is 2.40. The summed E-state index contributed by atoms with van der Waals surface area (Å²) in [6.07, 6.45) is 0.651. The van der Waals surface area contributed by atoms with Crippen molar-refractivity contribution in [1.82, 2.24) is 9.80 Å². The van der Waals surface area contributed by atoms with E-state index in [1.807, 2.05) is 24.3 Å². The van der Waals surface area contributed by atoms with E-state index < -0.39 is 23.5 Å². The Morgan fingerprint density at radius 2 is 1.75 bits per heavy atom. The Morgan fingerprint density at radius 3 is 2.44 bits per heavy atom. The van der Waals surface area contributed by atoms with Crippen molar-refractivity contribution < 1.29 is 23.8 Å². The molecule has 0 aromatic heterocycles. The molecule has 1 N–H and O–H groups in total. The minimum atomic E-state index is -0.871. The van der Waals surface area contributed by atoms with E-state index in [9.17, 15) is 19.1 Å². The summed E-state index contributed by atoms with van der Waals surface area (Å²) in [7, 11) is 1.59. The van der Waals surface area contributed by atoms with Gasteiger partial charge in [-0.05, 0) is 72.7 Å². The summed E-state index contributed by atoms with van der Waals surface area (Å²) in [5.41, 5.74) is 0.834. The SMILES string of the molecule is CCN(CC)CCCN1C(=O)C(=O)/C(=C(/O)c2ccc3cc(OC)ccc3c2)C1c1cccc(F)c1. The van der Waals surface area contributed by atoms with Crippen molar-refractivity contribution in [2.24, 2.45) is 0 Å². The van der Waals surface area contributed by atoms with Gasteiger partial charge in [0.1, 0.15) is 17.3 Å². The molecule has 3 aromatic carbocycles. The number of carbonyl (C=O) groups excluding carboxylic acids is 2. The Hall–Kier alpha value is -3.71. The monoisotopic (exact) mass is 490 g/mol. The summed E-state index contributed by atoms with van der Waals surface area (Å²) in [6, 6.07) is 15.8. The van der Waals surface area contributed by atoms with Crippen molar-refractivity contribution in [3.8, 4) is 5.75 Å². The van der Waals surface area contributed by atoms with Crippen LogP contribution in [0.4, 0.5) is 4.39 Å². The van der Waals surface area contributed by atoms with Gasteiger partial charge in [-0.3, -0.25) is 9.59 Å². The molecule has 188 valence electrons. The molecule has 1 atom stereocenters. The van der Waals surface area contributed by atoms with E-state index in [-0.39, 0.29) is 11.3 Å². The van der Waals surface area contributed by atoms with Gasteiger partial charge < -0.3 is 19.6 Å². The van der Waals surface area contributed by atoms with E-state index in [1.54, 1.807) is 31.4 Å². The quantitative estimate of drug-likeness (QED) is 0.256. The second-order valence-corrected chi connectivity index (χ2v) is 8.86. The molecule has 1 saturated heterocycles. The lowest BCUT2D eigenvalue weighted by molar-refractivity contribution is -0.140. The number of ketones is 1. The van der Waals surface area contributed by atoms with Gasteiger partial charge in [0.2, 0.25) is 0 Å². The number of likely N-dealkylation sites (tertiary alicyclic amines) is 1. The third kappa shape index (κ3) is 4.97. The van der Waals surface area contributed by atoms with Gasteiger partial charge in [0.05, 0.1) is 18.7 Å². The van der Waals surface area contributed by atoms with Gasteiger partial charge in [-0.15, -0.1) is 0 Å². The van der Waals surface area contributed by atoms with Crippen molar-refractivity contribution in [3.05, 3.63) is 83.2 Å². The molecule has 4 rings (SSSR count). The highest BCUT2D eigenvalue weighted by atomic mass is 19.1. The van der Waals surface area contributed by atoms with Crippen LogP contribution in [0.5, 0.6) is 5.75 Å². The fourth-order valence-electron chi connectivity index (χ4n) is 4.79. The van der Waals surface area contributed by atoms with Crippen LogP contribution in [0.15, 0.2) is 66.2 Å². The number of fused-ring (bicyclic) bond motifs is 1. The van der Waals surface area contributed by atoms with E-state index in [0.717, 1.165) is 30.4 Å². The van der Waals surface area contributed by atoms with Crippen LogP contribution >= 0.6 is 0 Å². The maximum Gasteiger partial charge on any atom is 0.295 e. The fourth-order valence-corrected chi connectivity index (χ4v) is 4.79. The molecule has 0 saturated carbocycles. The number of amides is 1. The zero-order valence-corrected chi connectivity index (χ0v) is 20.8. The Morgan fingerprint density at radius 1 is 1.03 bits per heavy atom. The Bertz CT molecular complexity index is 1320. The molecule has 1 heterocycles. The van der Waals surface area contributed by atoms with Crippen molar-refractivity contribution in [3.63, 3.8) is 0 Å². The van der Waals surface area contributed by atoms with E-state index in [4.69, 9.17) is 4.74 Å². The maximum atomic E-state index is 14.2. The average Bonchev–Trinajstić information content (AvgIpc) is 3.15. The zero-order valence-electron chi connectivity index (χ0n) is 20.8. The predicted octanol–water partition coefficient (Wildman–Crippen LogP) is 5.14. The predicted molar refractivity (Wildman–Crippen MR) is 138 cm³/mol. The molecule has 1 aliphatic rings. The Balaban J connectivity index is 1.77. The third-order valence-electron chi connectivity index (χ3n) is 6.79. The van der Waals surface area contributed by atoms with Gasteiger partial charge in [0.25, 0.3) is 11.7 Å². The Kier molecular flexibility index (Phi) is 7.70. The first-order valence-corrected chi connectivity index (χ1v) is 12.2. The van der Waals surface area contributed by atoms with Gasteiger partial charge in [0, 0.05) is 12.1 Å².